The van der Waals surface area contributed by atoms with Crippen molar-refractivity contribution in [2.24, 2.45) is 0 Å². The summed E-state index contributed by atoms with van der Waals surface area (Å²) in [5, 5.41) is 2.77. The topological polar surface area (TPSA) is 38.3 Å². The second-order valence-electron chi connectivity index (χ2n) is 5.34. The molecular formula is C14H15NO2. The summed E-state index contributed by atoms with van der Waals surface area (Å²) in [6, 6.07) is 6.37. The average Bonchev–Trinajstić information content (AvgIpc) is 2.88. The van der Waals surface area contributed by atoms with Gasteiger partial charge in [0, 0.05) is 5.56 Å². The van der Waals surface area contributed by atoms with E-state index < -0.39 is 0 Å². The minimum absolute atomic E-state index is 0.0871. The molecule has 3 heteroatoms. The van der Waals surface area contributed by atoms with Gasteiger partial charge in [-0.3, -0.25) is 4.79 Å². The molecule has 1 N–H and O–H groups in total. The summed E-state index contributed by atoms with van der Waals surface area (Å²) in [4.78, 5) is 10.9. The van der Waals surface area contributed by atoms with Gasteiger partial charge in [-0.25, -0.2) is 0 Å². The molecule has 1 aromatic carbocycles. The maximum absolute atomic E-state index is 10.9. The van der Waals surface area contributed by atoms with Crippen LogP contribution in [0.1, 0.15) is 48.6 Å². The Morgan fingerprint density at radius 1 is 1.24 bits per heavy atom. The molecule has 1 saturated heterocycles. The van der Waals surface area contributed by atoms with Crippen LogP contribution in [0.3, 0.4) is 0 Å². The minimum atomic E-state index is -0.104. The van der Waals surface area contributed by atoms with Gasteiger partial charge in [-0.1, -0.05) is 12.1 Å². The first-order valence-electron chi connectivity index (χ1n) is 6.40. The van der Waals surface area contributed by atoms with E-state index >= 15 is 0 Å². The van der Waals surface area contributed by atoms with Crippen LogP contribution in [0.2, 0.25) is 0 Å². The summed E-state index contributed by atoms with van der Waals surface area (Å²) in [6.45, 7) is 0. The van der Waals surface area contributed by atoms with Crippen LogP contribution in [0.15, 0.2) is 18.2 Å². The molecule has 1 aliphatic heterocycles. The third-order valence-corrected chi connectivity index (χ3v) is 4.34. The first kappa shape index (κ1) is 9.51. The van der Waals surface area contributed by atoms with E-state index in [-0.39, 0.29) is 12.1 Å². The summed E-state index contributed by atoms with van der Waals surface area (Å²) >= 11 is 0. The highest BCUT2D eigenvalue weighted by atomic mass is 16.5. The maximum atomic E-state index is 10.9. The Balaban J connectivity index is 1.66. The first-order chi connectivity index (χ1) is 8.31. The van der Waals surface area contributed by atoms with E-state index in [0.29, 0.717) is 12.3 Å². The Labute approximate surface area is 100 Å². The molecule has 0 radical (unpaired) electrons. The summed E-state index contributed by atoms with van der Waals surface area (Å²) in [5.41, 5.74) is 2.91. The van der Waals surface area contributed by atoms with Crippen LogP contribution >= 0.6 is 0 Å². The van der Waals surface area contributed by atoms with Gasteiger partial charge in [-0.2, -0.15) is 0 Å². The van der Waals surface area contributed by atoms with Crippen molar-refractivity contribution >= 4 is 5.91 Å². The summed E-state index contributed by atoms with van der Waals surface area (Å²) < 4.78 is 5.88. The third kappa shape index (κ3) is 1.31. The number of hydrogen-bond acceptors (Lipinski definition) is 2. The Hall–Kier alpha value is -1.51. The van der Waals surface area contributed by atoms with E-state index in [1.54, 1.807) is 0 Å². The van der Waals surface area contributed by atoms with E-state index in [0.717, 1.165) is 11.7 Å². The molecule has 88 valence electrons. The molecule has 3 nitrogen and oxygen atoms in total. The lowest BCUT2D eigenvalue weighted by molar-refractivity contribution is -0.134. The summed E-state index contributed by atoms with van der Waals surface area (Å²) in [5.74, 6) is 2.54. The summed E-state index contributed by atoms with van der Waals surface area (Å²) in [7, 11) is 0. The molecule has 3 atom stereocenters. The Morgan fingerprint density at radius 2 is 2.06 bits per heavy atom. The van der Waals surface area contributed by atoms with Crippen molar-refractivity contribution in [3.63, 3.8) is 0 Å². The van der Waals surface area contributed by atoms with Gasteiger partial charge in [0.05, 0.1) is 6.42 Å². The molecule has 2 bridgehead atoms. The fourth-order valence-corrected chi connectivity index (χ4v) is 3.53. The van der Waals surface area contributed by atoms with Crippen molar-refractivity contribution in [3.8, 4) is 5.75 Å². The molecule has 2 fully saturated rings. The smallest absolute Gasteiger partial charge is 0.228 e. The largest absolute Gasteiger partial charge is 0.470 e. The monoisotopic (exact) mass is 229 g/mol. The zero-order chi connectivity index (χ0) is 11.4. The van der Waals surface area contributed by atoms with E-state index in [9.17, 15) is 4.79 Å². The molecule has 2 aliphatic carbocycles. The lowest BCUT2D eigenvalue weighted by atomic mass is 9.91. The number of ether oxygens (including phenoxy) is 1. The molecule has 3 aliphatic rings. The van der Waals surface area contributed by atoms with Crippen molar-refractivity contribution in [1.82, 2.24) is 5.32 Å². The van der Waals surface area contributed by atoms with Crippen molar-refractivity contribution < 1.29 is 9.53 Å². The van der Waals surface area contributed by atoms with Crippen molar-refractivity contribution in [2.75, 3.05) is 0 Å². The standard InChI is InChI=1S/C14H15NO2/c16-12-7-13(15-12)17-11-3-1-2-10-8-4-5-9(6-8)14(10)11/h1-3,8-9,13H,4-7H2,(H,15,16). The zero-order valence-electron chi connectivity index (χ0n) is 9.61. The third-order valence-electron chi connectivity index (χ3n) is 4.34. The van der Waals surface area contributed by atoms with Gasteiger partial charge in [0.1, 0.15) is 5.75 Å². The van der Waals surface area contributed by atoms with Gasteiger partial charge in [0.2, 0.25) is 5.91 Å². The van der Waals surface area contributed by atoms with Crippen LogP contribution in [0.4, 0.5) is 0 Å². The maximum Gasteiger partial charge on any atom is 0.228 e. The number of hydrogen-bond donors (Lipinski definition) is 1. The number of β-lactam (4-membered cyclic amide) rings is 1. The van der Waals surface area contributed by atoms with Crippen molar-refractivity contribution in [1.29, 1.82) is 0 Å². The minimum Gasteiger partial charge on any atom is -0.470 e. The first-order valence-corrected chi connectivity index (χ1v) is 6.40. The SMILES string of the molecule is O=C1CC(Oc2cccc3c2C2CCC3C2)N1. The molecule has 0 aromatic heterocycles. The molecule has 1 heterocycles. The van der Waals surface area contributed by atoms with E-state index in [1.165, 1.54) is 30.4 Å². The molecule has 1 saturated carbocycles. The highest BCUT2D eigenvalue weighted by Gasteiger charge is 2.39. The fourth-order valence-electron chi connectivity index (χ4n) is 3.53. The number of fused-ring (bicyclic) bond motifs is 5. The predicted octanol–water partition coefficient (Wildman–Crippen LogP) is 2.28. The molecule has 1 aromatic rings. The quantitative estimate of drug-likeness (QED) is 0.790. The predicted molar refractivity (Wildman–Crippen MR) is 63.0 cm³/mol. The number of benzene rings is 1. The number of nitrogens with one attached hydrogen (secondary N) is 1. The molecule has 3 unspecified atom stereocenters. The number of rotatable bonds is 2. The molecule has 1 amide bonds. The summed E-state index contributed by atoms with van der Waals surface area (Å²) in [6.07, 6.45) is 4.33. The Morgan fingerprint density at radius 3 is 2.88 bits per heavy atom. The van der Waals surface area contributed by atoms with Gasteiger partial charge in [-0.15, -0.1) is 0 Å². The molecule has 0 spiro atoms. The van der Waals surface area contributed by atoms with Crippen molar-refractivity contribution in [2.45, 2.75) is 43.7 Å². The lowest BCUT2D eigenvalue weighted by Gasteiger charge is -2.29. The van der Waals surface area contributed by atoms with Crippen LogP contribution in [0.5, 0.6) is 5.75 Å². The van der Waals surface area contributed by atoms with E-state index in [2.05, 4.69) is 17.4 Å². The molecular weight excluding hydrogens is 214 g/mol. The second-order valence-corrected chi connectivity index (χ2v) is 5.34. The zero-order valence-corrected chi connectivity index (χ0v) is 9.61. The van der Waals surface area contributed by atoms with Gasteiger partial charge in [-0.05, 0) is 42.7 Å². The van der Waals surface area contributed by atoms with Crippen molar-refractivity contribution in [3.05, 3.63) is 29.3 Å². The Kier molecular flexibility index (Phi) is 1.82. The lowest BCUT2D eigenvalue weighted by Crippen LogP contribution is -2.52. The van der Waals surface area contributed by atoms with Crippen LogP contribution in [-0.4, -0.2) is 12.1 Å². The van der Waals surface area contributed by atoms with Crippen LogP contribution < -0.4 is 10.1 Å². The van der Waals surface area contributed by atoms with Crippen LogP contribution in [0, 0.1) is 0 Å². The van der Waals surface area contributed by atoms with E-state index in [4.69, 9.17) is 4.74 Å². The number of carbonyl (C=O) groups is 1. The number of amides is 1. The normalized spacial score (nSPS) is 32.9. The highest BCUT2D eigenvalue weighted by molar-refractivity contribution is 5.82. The van der Waals surface area contributed by atoms with Crippen LogP contribution in [-0.2, 0) is 4.79 Å². The van der Waals surface area contributed by atoms with Gasteiger partial charge >= 0.3 is 0 Å². The highest BCUT2D eigenvalue weighted by Crippen LogP contribution is 2.55. The number of carbonyl (C=O) groups excluding carboxylic acids is 1. The van der Waals surface area contributed by atoms with E-state index in [1.807, 2.05) is 6.07 Å². The molecule has 4 rings (SSSR count). The van der Waals surface area contributed by atoms with Gasteiger partial charge in [0.25, 0.3) is 0 Å². The second kappa shape index (κ2) is 3.25. The average molecular weight is 229 g/mol. The molecule has 17 heavy (non-hydrogen) atoms. The Bertz CT molecular complexity index is 489. The fraction of sp³-hybridized carbons (Fsp3) is 0.500. The van der Waals surface area contributed by atoms with Gasteiger partial charge in [0.15, 0.2) is 6.23 Å². The van der Waals surface area contributed by atoms with Crippen LogP contribution in [0.25, 0.3) is 0 Å². The van der Waals surface area contributed by atoms with Gasteiger partial charge < -0.3 is 10.1 Å².